The fourth-order valence-electron chi connectivity index (χ4n) is 1.34. The van der Waals surface area contributed by atoms with Gasteiger partial charge in [0.05, 0.1) is 17.7 Å². The number of anilines is 1. The van der Waals surface area contributed by atoms with E-state index in [4.69, 9.17) is 10.5 Å². The number of benzene rings is 1. The topological polar surface area (TPSA) is 77.2 Å². The zero-order valence-corrected chi connectivity index (χ0v) is 10.4. The largest absolute Gasteiger partial charge is 0.484 e. The molecule has 6 heteroatoms. The number of thiazole rings is 1. The molecule has 1 amide bonds. The molecule has 2 aromatic rings. The molecule has 1 aromatic carbocycles. The number of rotatable bonds is 6. The molecule has 5 nitrogen and oxygen atoms in total. The SMILES string of the molecule is NC(=O)COc1ccc(NCc2cscn2)cc1. The van der Waals surface area contributed by atoms with Gasteiger partial charge >= 0.3 is 0 Å². The van der Waals surface area contributed by atoms with E-state index < -0.39 is 5.91 Å². The van der Waals surface area contributed by atoms with Gasteiger partial charge in [-0.2, -0.15) is 0 Å². The predicted octanol–water partition coefficient (Wildman–Crippen LogP) is 1.62. The Morgan fingerprint density at radius 2 is 2.17 bits per heavy atom. The minimum atomic E-state index is -0.485. The number of ether oxygens (including phenoxy) is 1. The minimum absolute atomic E-state index is 0.106. The summed E-state index contributed by atoms with van der Waals surface area (Å²) in [5.41, 5.74) is 8.77. The summed E-state index contributed by atoms with van der Waals surface area (Å²) in [5, 5.41) is 5.23. The third kappa shape index (κ3) is 3.74. The van der Waals surface area contributed by atoms with Gasteiger partial charge in [0.15, 0.2) is 6.61 Å². The van der Waals surface area contributed by atoms with Crippen LogP contribution in [0.1, 0.15) is 5.69 Å². The van der Waals surface area contributed by atoms with E-state index in [1.165, 1.54) is 0 Å². The van der Waals surface area contributed by atoms with Crippen molar-refractivity contribution in [2.24, 2.45) is 5.73 Å². The molecule has 0 saturated carbocycles. The number of primary amides is 1. The van der Waals surface area contributed by atoms with Gasteiger partial charge in [0.1, 0.15) is 5.75 Å². The first kappa shape index (κ1) is 12.4. The third-order valence-electron chi connectivity index (χ3n) is 2.19. The highest BCUT2D eigenvalue weighted by molar-refractivity contribution is 7.07. The molecule has 94 valence electrons. The number of hydrogen-bond acceptors (Lipinski definition) is 5. The van der Waals surface area contributed by atoms with Gasteiger partial charge in [0, 0.05) is 11.1 Å². The van der Waals surface area contributed by atoms with Crippen molar-refractivity contribution in [2.45, 2.75) is 6.54 Å². The van der Waals surface area contributed by atoms with E-state index in [0.717, 1.165) is 11.4 Å². The molecule has 0 bridgehead atoms. The van der Waals surface area contributed by atoms with Crippen LogP contribution in [-0.4, -0.2) is 17.5 Å². The molecule has 0 fully saturated rings. The Labute approximate surface area is 109 Å². The highest BCUT2D eigenvalue weighted by Crippen LogP contribution is 2.16. The van der Waals surface area contributed by atoms with Crippen molar-refractivity contribution in [3.05, 3.63) is 40.8 Å². The smallest absolute Gasteiger partial charge is 0.255 e. The molecule has 3 N–H and O–H groups in total. The molecular weight excluding hydrogens is 250 g/mol. The molecule has 0 atom stereocenters. The Balaban J connectivity index is 1.85. The van der Waals surface area contributed by atoms with Crippen molar-refractivity contribution < 1.29 is 9.53 Å². The maximum absolute atomic E-state index is 10.6. The molecular formula is C12H13N3O2S. The van der Waals surface area contributed by atoms with Crippen molar-refractivity contribution in [2.75, 3.05) is 11.9 Å². The Kier molecular flexibility index (Phi) is 4.14. The van der Waals surface area contributed by atoms with E-state index in [2.05, 4.69) is 10.3 Å². The van der Waals surface area contributed by atoms with Gasteiger partial charge in [-0.25, -0.2) is 4.98 Å². The van der Waals surface area contributed by atoms with E-state index in [-0.39, 0.29) is 6.61 Å². The Bertz CT molecular complexity index is 497. The maximum Gasteiger partial charge on any atom is 0.255 e. The number of nitrogens with one attached hydrogen (secondary N) is 1. The monoisotopic (exact) mass is 263 g/mol. The zero-order chi connectivity index (χ0) is 12.8. The summed E-state index contributed by atoms with van der Waals surface area (Å²) in [7, 11) is 0. The van der Waals surface area contributed by atoms with Crippen molar-refractivity contribution in [3.8, 4) is 5.75 Å². The first-order valence-electron chi connectivity index (χ1n) is 5.36. The van der Waals surface area contributed by atoms with Gasteiger partial charge in [-0.15, -0.1) is 11.3 Å². The van der Waals surface area contributed by atoms with Crippen LogP contribution in [0.3, 0.4) is 0 Å². The normalized spacial score (nSPS) is 10.0. The predicted molar refractivity (Wildman–Crippen MR) is 70.6 cm³/mol. The molecule has 1 aromatic heterocycles. The standard InChI is InChI=1S/C12H13N3O2S/c13-12(16)6-17-11-3-1-9(2-4-11)14-5-10-7-18-8-15-10/h1-4,7-8,14H,5-6H2,(H2,13,16). The van der Waals surface area contributed by atoms with Gasteiger partial charge < -0.3 is 15.8 Å². The highest BCUT2D eigenvalue weighted by Gasteiger charge is 1.99. The van der Waals surface area contributed by atoms with Gasteiger partial charge in [-0.3, -0.25) is 4.79 Å². The number of nitrogens with two attached hydrogens (primary N) is 1. The van der Waals surface area contributed by atoms with E-state index >= 15 is 0 Å². The van der Waals surface area contributed by atoms with E-state index in [1.54, 1.807) is 29.0 Å². The first-order chi connectivity index (χ1) is 8.74. The number of amides is 1. The van der Waals surface area contributed by atoms with Crippen LogP contribution in [0.2, 0.25) is 0 Å². The second-order valence-corrected chi connectivity index (χ2v) is 4.33. The lowest BCUT2D eigenvalue weighted by Gasteiger charge is -2.07. The molecule has 0 saturated heterocycles. The van der Waals surface area contributed by atoms with Crippen molar-refractivity contribution >= 4 is 22.9 Å². The van der Waals surface area contributed by atoms with Crippen LogP contribution < -0.4 is 15.8 Å². The van der Waals surface area contributed by atoms with Crippen LogP contribution in [0.25, 0.3) is 0 Å². The summed E-state index contributed by atoms with van der Waals surface area (Å²) in [6, 6.07) is 7.32. The summed E-state index contributed by atoms with van der Waals surface area (Å²) < 4.78 is 5.16. The summed E-state index contributed by atoms with van der Waals surface area (Å²) >= 11 is 1.57. The first-order valence-corrected chi connectivity index (χ1v) is 6.30. The van der Waals surface area contributed by atoms with Crippen LogP contribution in [0.5, 0.6) is 5.75 Å². The average molecular weight is 263 g/mol. The molecule has 0 unspecified atom stereocenters. The van der Waals surface area contributed by atoms with Crippen molar-refractivity contribution in [1.82, 2.24) is 4.98 Å². The van der Waals surface area contributed by atoms with E-state index in [1.807, 2.05) is 17.5 Å². The summed E-state index contributed by atoms with van der Waals surface area (Å²) in [6.07, 6.45) is 0. The zero-order valence-electron chi connectivity index (χ0n) is 9.63. The Morgan fingerprint density at radius 3 is 2.78 bits per heavy atom. The van der Waals surface area contributed by atoms with Crippen LogP contribution >= 0.6 is 11.3 Å². The Morgan fingerprint density at radius 1 is 1.39 bits per heavy atom. The second kappa shape index (κ2) is 6.02. The van der Waals surface area contributed by atoms with E-state index in [0.29, 0.717) is 12.3 Å². The lowest BCUT2D eigenvalue weighted by Crippen LogP contribution is -2.19. The van der Waals surface area contributed by atoms with Crippen molar-refractivity contribution in [3.63, 3.8) is 0 Å². The fourth-order valence-corrected chi connectivity index (χ4v) is 1.90. The van der Waals surface area contributed by atoms with Gasteiger partial charge in [-0.1, -0.05) is 0 Å². The summed E-state index contributed by atoms with van der Waals surface area (Å²) in [6.45, 7) is 0.580. The van der Waals surface area contributed by atoms with Crippen LogP contribution in [-0.2, 0) is 11.3 Å². The summed E-state index contributed by atoms with van der Waals surface area (Å²) in [4.78, 5) is 14.7. The molecule has 0 aliphatic carbocycles. The highest BCUT2D eigenvalue weighted by atomic mass is 32.1. The van der Waals surface area contributed by atoms with E-state index in [9.17, 15) is 4.79 Å². The third-order valence-corrected chi connectivity index (χ3v) is 2.83. The maximum atomic E-state index is 10.6. The van der Waals surface area contributed by atoms with Gasteiger partial charge in [0.2, 0.25) is 0 Å². The molecule has 0 spiro atoms. The number of hydrogen-bond donors (Lipinski definition) is 2. The van der Waals surface area contributed by atoms with Crippen molar-refractivity contribution in [1.29, 1.82) is 0 Å². The molecule has 0 aliphatic heterocycles. The lowest BCUT2D eigenvalue weighted by molar-refractivity contribution is -0.119. The second-order valence-electron chi connectivity index (χ2n) is 3.61. The van der Waals surface area contributed by atoms with Gasteiger partial charge in [0.25, 0.3) is 5.91 Å². The lowest BCUT2D eigenvalue weighted by atomic mass is 10.3. The summed E-state index contributed by atoms with van der Waals surface area (Å²) in [5.74, 6) is 0.133. The quantitative estimate of drug-likeness (QED) is 0.830. The number of aromatic nitrogens is 1. The molecule has 0 aliphatic rings. The van der Waals surface area contributed by atoms with Crippen LogP contribution in [0.15, 0.2) is 35.2 Å². The average Bonchev–Trinajstić information content (AvgIpc) is 2.88. The molecule has 18 heavy (non-hydrogen) atoms. The fraction of sp³-hybridized carbons (Fsp3) is 0.167. The number of nitrogens with zero attached hydrogens (tertiary/aromatic N) is 1. The Hall–Kier alpha value is -2.08. The molecule has 0 radical (unpaired) electrons. The van der Waals surface area contributed by atoms with Gasteiger partial charge in [-0.05, 0) is 24.3 Å². The minimum Gasteiger partial charge on any atom is -0.484 e. The molecule has 1 heterocycles. The van der Waals surface area contributed by atoms with Crippen LogP contribution in [0.4, 0.5) is 5.69 Å². The number of carbonyl (C=O) groups is 1. The van der Waals surface area contributed by atoms with Crippen LogP contribution in [0, 0.1) is 0 Å². The molecule has 2 rings (SSSR count). The number of carbonyl (C=O) groups excluding carboxylic acids is 1.